The lowest BCUT2D eigenvalue weighted by Gasteiger charge is -2.32. The first kappa shape index (κ1) is 23.5. The summed E-state index contributed by atoms with van der Waals surface area (Å²) in [7, 11) is 2.01. The van der Waals surface area contributed by atoms with Gasteiger partial charge in [-0.2, -0.15) is 0 Å². The Labute approximate surface area is 202 Å². The van der Waals surface area contributed by atoms with Crippen molar-refractivity contribution >= 4 is 46.7 Å². The first-order chi connectivity index (χ1) is 15.5. The molecule has 10 heteroatoms. The fourth-order valence-corrected chi connectivity index (χ4v) is 4.78. The van der Waals surface area contributed by atoms with E-state index in [1.165, 1.54) is 0 Å². The minimum absolute atomic E-state index is 0. The molecule has 33 heavy (non-hydrogen) atoms. The third-order valence-electron chi connectivity index (χ3n) is 6.24. The van der Waals surface area contributed by atoms with E-state index in [0.29, 0.717) is 10.7 Å². The third-order valence-corrected chi connectivity index (χ3v) is 6.48. The van der Waals surface area contributed by atoms with E-state index in [1.54, 1.807) is 18.3 Å². The number of carbonyl (C=O) groups excluding carboxylic acids is 2. The lowest BCUT2D eigenvalue weighted by Crippen LogP contribution is -2.53. The summed E-state index contributed by atoms with van der Waals surface area (Å²) in [5.74, 6) is -0.309. The van der Waals surface area contributed by atoms with Gasteiger partial charge in [0, 0.05) is 52.9 Å². The minimum atomic E-state index is -0.297. The largest absolute Gasteiger partial charge is 0.351 e. The van der Waals surface area contributed by atoms with E-state index in [4.69, 9.17) is 11.6 Å². The van der Waals surface area contributed by atoms with E-state index in [-0.39, 0.29) is 42.1 Å². The van der Waals surface area contributed by atoms with Gasteiger partial charge in [-0.25, -0.2) is 9.97 Å². The number of hydrogen-bond donors (Lipinski definition) is 3. The quantitative estimate of drug-likeness (QED) is 0.521. The number of hydrogen-bond acceptors (Lipinski definition) is 5. The van der Waals surface area contributed by atoms with Crippen LogP contribution in [-0.2, 0) is 13.1 Å². The molecule has 0 radical (unpaired) electrons. The van der Waals surface area contributed by atoms with Crippen LogP contribution in [0.5, 0.6) is 0 Å². The Morgan fingerprint density at radius 2 is 1.82 bits per heavy atom. The van der Waals surface area contributed by atoms with Crippen molar-refractivity contribution in [3.05, 3.63) is 58.3 Å². The molecule has 5 rings (SSSR count). The van der Waals surface area contributed by atoms with Crippen molar-refractivity contribution in [1.29, 1.82) is 0 Å². The molecule has 1 fully saturated rings. The maximum atomic E-state index is 12.9. The summed E-state index contributed by atoms with van der Waals surface area (Å²) in [6.07, 6.45) is 5.34. The van der Waals surface area contributed by atoms with Gasteiger partial charge in [0.15, 0.2) is 0 Å². The van der Waals surface area contributed by atoms with Crippen LogP contribution < -0.4 is 10.6 Å². The van der Waals surface area contributed by atoms with Crippen molar-refractivity contribution in [1.82, 2.24) is 30.5 Å². The fourth-order valence-electron chi connectivity index (χ4n) is 4.60. The van der Waals surface area contributed by atoms with Crippen molar-refractivity contribution in [2.45, 2.75) is 50.9 Å². The number of fused-ring (bicyclic) bond motifs is 2. The van der Waals surface area contributed by atoms with Crippen molar-refractivity contribution in [3.8, 4) is 0 Å². The molecule has 2 atom stereocenters. The Hall–Kier alpha value is -2.68. The number of halogens is 2. The molecule has 1 aliphatic carbocycles. The smallest absolute Gasteiger partial charge is 0.289 e. The molecular weight excluding hydrogens is 463 g/mol. The highest BCUT2D eigenvalue weighted by Crippen LogP contribution is 2.23. The van der Waals surface area contributed by atoms with Crippen molar-refractivity contribution in [2.75, 3.05) is 7.05 Å². The Balaban J connectivity index is 0.00000259. The molecule has 3 aromatic rings. The standard InChI is InChI=1S/C23H25ClN6O2.ClH/c1-30-11-14-10-25-21(27-20(14)12-30)23(32)29-18-5-3-2-4-17(18)28-22(31)19-9-13-8-15(24)6-7-16(13)26-19;/h6-10,17-18,26H,2-5,11-12H2,1H3,(H,28,31)(H,29,32);1H/t17-,18+;/m0./s1. The van der Waals surface area contributed by atoms with Gasteiger partial charge in [0.2, 0.25) is 5.82 Å². The monoisotopic (exact) mass is 488 g/mol. The van der Waals surface area contributed by atoms with Crippen molar-refractivity contribution < 1.29 is 9.59 Å². The predicted molar refractivity (Wildman–Crippen MR) is 129 cm³/mol. The molecule has 0 bridgehead atoms. The van der Waals surface area contributed by atoms with Crippen LogP contribution in [0.15, 0.2) is 30.5 Å². The predicted octanol–water partition coefficient (Wildman–Crippen LogP) is 3.45. The van der Waals surface area contributed by atoms with Gasteiger partial charge in [-0.3, -0.25) is 14.5 Å². The number of nitrogens with one attached hydrogen (secondary N) is 3. The number of amides is 2. The summed E-state index contributed by atoms with van der Waals surface area (Å²) in [6, 6.07) is 6.93. The second-order valence-corrected chi connectivity index (χ2v) is 9.13. The maximum absolute atomic E-state index is 12.9. The summed E-state index contributed by atoms with van der Waals surface area (Å²) in [6.45, 7) is 1.52. The average molecular weight is 489 g/mol. The van der Waals surface area contributed by atoms with Crippen LogP contribution in [0.2, 0.25) is 5.02 Å². The number of aromatic nitrogens is 3. The summed E-state index contributed by atoms with van der Waals surface area (Å²) >= 11 is 6.05. The van der Waals surface area contributed by atoms with Crippen LogP contribution in [0.3, 0.4) is 0 Å². The Morgan fingerprint density at radius 1 is 1.09 bits per heavy atom. The van der Waals surface area contributed by atoms with Crippen LogP contribution in [0, 0.1) is 0 Å². The molecule has 174 valence electrons. The Kier molecular flexibility index (Phi) is 6.88. The number of carbonyl (C=O) groups is 2. The lowest BCUT2D eigenvalue weighted by molar-refractivity contribution is 0.0855. The molecule has 0 saturated heterocycles. The molecule has 2 aliphatic rings. The van der Waals surface area contributed by atoms with Gasteiger partial charge in [-0.1, -0.05) is 24.4 Å². The van der Waals surface area contributed by atoms with Gasteiger partial charge in [0.1, 0.15) is 5.69 Å². The normalized spacial score (nSPS) is 20.2. The highest BCUT2D eigenvalue weighted by Gasteiger charge is 2.30. The van der Waals surface area contributed by atoms with E-state index >= 15 is 0 Å². The average Bonchev–Trinajstić information content (AvgIpc) is 3.36. The molecule has 8 nitrogen and oxygen atoms in total. The van der Waals surface area contributed by atoms with Crippen LogP contribution in [-0.4, -0.2) is 50.8 Å². The molecule has 2 aromatic heterocycles. The van der Waals surface area contributed by atoms with Crippen molar-refractivity contribution in [2.24, 2.45) is 0 Å². The first-order valence-corrected chi connectivity index (χ1v) is 11.3. The summed E-state index contributed by atoms with van der Waals surface area (Å²) in [5.41, 5.74) is 3.29. The zero-order valence-electron chi connectivity index (χ0n) is 18.2. The summed E-state index contributed by atoms with van der Waals surface area (Å²) < 4.78 is 0. The SMILES string of the molecule is CN1Cc2cnc(C(=O)N[C@@H]3CCCC[C@@H]3NC(=O)c3cc4cc(Cl)ccc4[nH]3)nc2C1.Cl. The molecule has 0 unspecified atom stereocenters. The number of nitrogens with zero attached hydrogens (tertiary/aromatic N) is 3. The molecule has 3 N–H and O–H groups in total. The van der Waals surface area contributed by atoms with Gasteiger partial charge in [-0.15, -0.1) is 12.4 Å². The summed E-state index contributed by atoms with van der Waals surface area (Å²) in [4.78, 5) is 39.8. The minimum Gasteiger partial charge on any atom is -0.351 e. The number of aromatic amines is 1. The van der Waals surface area contributed by atoms with Crippen LogP contribution in [0.25, 0.3) is 10.9 Å². The van der Waals surface area contributed by atoms with E-state index in [9.17, 15) is 9.59 Å². The number of benzene rings is 1. The highest BCUT2D eigenvalue weighted by molar-refractivity contribution is 6.31. The van der Waals surface area contributed by atoms with Gasteiger partial charge < -0.3 is 15.6 Å². The van der Waals surface area contributed by atoms with Crippen LogP contribution >= 0.6 is 24.0 Å². The second kappa shape index (κ2) is 9.67. The lowest BCUT2D eigenvalue weighted by atomic mass is 9.90. The van der Waals surface area contributed by atoms with Gasteiger partial charge >= 0.3 is 0 Å². The van der Waals surface area contributed by atoms with Crippen LogP contribution in [0.4, 0.5) is 0 Å². The zero-order valence-corrected chi connectivity index (χ0v) is 19.8. The molecule has 2 amide bonds. The first-order valence-electron chi connectivity index (χ1n) is 10.9. The molecule has 1 aliphatic heterocycles. The third kappa shape index (κ3) is 4.98. The van der Waals surface area contributed by atoms with E-state index in [2.05, 4.69) is 30.5 Å². The number of H-pyrrole nitrogens is 1. The maximum Gasteiger partial charge on any atom is 0.289 e. The van der Waals surface area contributed by atoms with Gasteiger partial charge in [0.25, 0.3) is 11.8 Å². The summed E-state index contributed by atoms with van der Waals surface area (Å²) in [5, 5.41) is 7.67. The zero-order chi connectivity index (χ0) is 22.2. The topological polar surface area (TPSA) is 103 Å². The molecule has 3 heterocycles. The van der Waals surface area contributed by atoms with E-state index in [0.717, 1.165) is 60.9 Å². The Morgan fingerprint density at radius 3 is 2.58 bits per heavy atom. The van der Waals surface area contributed by atoms with E-state index < -0.39 is 0 Å². The number of rotatable bonds is 4. The van der Waals surface area contributed by atoms with Gasteiger partial charge in [0.05, 0.1) is 5.69 Å². The van der Waals surface area contributed by atoms with Gasteiger partial charge in [-0.05, 0) is 44.2 Å². The van der Waals surface area contributed by atoms with E-state index in [1.807, 2.05) is 19.2 Å². The molecule has 1 saturated carbocycles. The molecule has 1 aromatic carbocycles. The van der Waals surface area contributed by atoms with Crippen LogP contribution in [0.1, 0.15) is 58.0 Å². The van der Waals surface area contributed by atoms with Crippen molar-refractivity contribution in [3.63, 3.8) is 0 Å². The fraction of sp³-hybridized carbons (Fsp3) is 0.391. The molecular formula is C23H26Cl2N6O2. The second-order valence-electron chi connectivity index (χ2n) is 8.70. The Bertz CT molecular complexity index is 1200. The molecule has 0 spiro atoms. The highest BCUT2D eigenvalue weighted by atomic mass is 35.5.